The standard InChI is InChI=1S/C19H24ClN3O3/c1-2-26-19(25)8-7-18(24)23-11-4-3-10-21-16-9-12-22-17-13-14(20)5-6-15(16)17/h5-6,9,12-13H,2-4,7-8,10-11H2,1H3,(H,21,22)(H,23,24). The molecule has 6 nitrogen and oxygen atoms in total. The van der Waals surface area contributed by atoms with Gasteiger partial charge < -0.3 is 15.4 Å². The molecule has 0 aliphatic rings. The lowest BCUT2D eigenvalue weighted by Crippen LogP contribution is -2.25. The second-order valence-corrected chi connectivity index (χ2v) is 6.25. The van der Waals surface area contributed by atoms with Crippen LogP contribution in [0.2, 0.25) is 5.02 Å². The smallest absolute Gasteiger partial charge is 0.306 e. The lowest BCUT2D eigenvalue weighted by Gasteiger charge is -2.10. The van der Waals surface area contributed by atoms with Crippen LogP contribution in [0.1, 0.15) is 32.6 Å². The lowest BCUT2D eigenvalue weighted by atomic mass is 10.2. The molecule has 7 heteroatoms. The predicted octanol–water partition coefficient (Wildman–Crippen LogP) is 3.54. The Bertz CT molecular complexity index is 752. The van der Waals surface area contributed by atoms with Gasteiger partial charge in [0.05, 0.1) is 18.5 Å². The molecule has 0 saturated carbocycles. The summed E-state index contributed by atoms with van der Waals surface area (Å²) in [5, 5.41) is 7.91. The van der Waals surface area contributed by atoms with Crippen LogP contribution < -0.4 is 10.6 Å². The van der Waals surface area contributed by atoms with Gasteiger partial charge in [0.1, 0.15) is 0 Å². The third-order valence-electron chi connectivity index (χ3n) is 3.81. The molecule has 0 aliphatic carbocycles. The largest absolute Gasteiger partial charge is 0.466 e. The molecule has 0 aliphatic heterocycles. The Kier molecular flexibility index (Phi) is 8.15. The van der Waals surface area contributed by atoms with Crippen molar-refractivity contribution in [3.05, 3.63) is 35.5 Å². The van der Waals surface area contributed by atoms with Gasteiger partial charge in [-0.3, -0.25) is 14.6 Å². The molecule has 0 atom stereocenters. The highest BCUT2D eigenvalue weighted by molar-refractivity contribution is 6.31. The maximum Gasteiger partial charge on any atom is 0.306 e. The molecule has 1 heterocycles. The monoisotopic (exact) mass is 377 g/mol. The van der Waals surface area contributed by atoms with Crippen LogP contribution >= 0.6 is 11.6 Å². The van der Waals surface area contributed by atoms with E-state index < -0.39 is 0 Å². The van der Waals surface area contributed by atoms with Gasteiger partial charge in [0, 0.05) is 41.8 Å². The van der Waals surface area contributed by atoms with Gasteiger partial charge in [0.2, 0.25) is 5.91 Å². The van der Waals surface area contributed by atoms with Crippen LogP contribution in [-0.2, 0) is 14.3 Å². The van der Waals surface area contributed by atoms with Crippen molar-refractivity contribution in [1.29, 1.82) is 0 Å². The summed E-state index contributed by atoms with van der Waals surface area (Å²) in [5.41, 5.74) is 1.88. The van der Waals surface area contributed by atoms with Crippen LogP contribution in [0.3, 0.4) is 0 Å². The molecule has 1 aromatic carbocycles. The van der Waals surface area contributed by atoms with Crippen LogP contribution in [0.15, 0.2) is 30.5 Å². The highest BCUT2D eigenvalue weighted by Crippen LogP contribution is 2.24. The van der Waals surface area contributed by atoms with Crippen molar-refractivity contribution in [3.8, 4) is 0 Å². The van der Waals surface area contributed by atoms with Gasteiger partial charge in [-0.2, -0.15) is 0 Å². The fraction of sp³-hybridized carbons (Fsp3) is 0.421. The lowest BCUT2D eigenvalue weighted by molar-refractivity contribution is -0.144. The third kappa shape index (κ3) is 6.52. The average molecular weight is 378 g/mol. The van der Waals surface area contributed by atoms with Gasteiger partial charge in [-0.05, 0) is 44.0 Å². The maximum absolute atomic E-state index is 11.6. The van der Waals surface area contributed by atoms with Gasteiger partial charge in [-0.15, -0.1) is 0 Å². The van der Waals surface area contributed by atoms with E-state index in [1.54, 1.807) is 13.1 Å². The zero-order valence-corrected chi connectivity index (χ0v) is 15.6. The Labute approximate surface area is 158 Å². The second kappa shape index (κ2) is 10.6. The number of halogens is 1. The molecule has 1 amide bonds. The van der Waals surface area contributed by atoms with E-state index in [0.29, 0.717) is 18.2 Å². The third-order valence-corrected chi connectivity index (χ3v) is 4.04. The van der Waals surface area contributed by atoms with Crippen molar-refractivity contribution < 1.29 is 14.3 Å². The molecule has 0 spiro atoms. The van der Waals surface area contributed by atoms with Crippen LogP contribution in [0.4, 0.5) is 5.69 Å². The summed E-state index contributed by atoms with van der Waals surface area (Å²) in [4.78, 5) is 27.1. The number of carbonyl (C=O) groups excluding carboxylic acids is 2. The molecule has 0 fully saturated rings. The molecular weight excluding hydrogens is 354 g/mol. The number of nitrogens with one attached hydrogen (secondary N) is 2. The number of nitrogens with zero attached hydrogens (tertiary/aromatic N) is 1. The summed E-state index contributed by atoms with van der Waals surface area (Å²) >= 11 is 5.99. The first-order valence-corrected chi connectivity index (χ1v) is 9.18. The zero-order valence-electron chi connectivity index (χ0n) is 14.9. The Hall–Kier alpha value is -2.34. The van der Waals surface area contributed by atoms with Gasteiger partial charge in [-0.1, -0.05) is 11.6 Å². The van der Waals surface area contributed by atoms with E-state index in [1.807, 2.05) is 24.3 Å². The summed E-state index contributed by atoms with van der Waals surface area (Å²) in [6, 6.07) is 7.58. The van der Waals surface area contributed by atoms with E-state index in [9.17, 15) is 9.59 Å². The normalized spacial score (nSPS) is 10.5. The van der Waals surface area contributed by atoms with Crippen molar-refractivity contribution in [3.63, 3.8) is 0 Å². The number of unbranched alkanes of at least 4 members (excludes halogenated alkanes) is 1. The number of aromatic nitrogens is 1. The molecule has 0 saturated heterocycles. The van der Waals surface area contributed by atoms with Gasteiger partial charge in [-0.25, -0.2) is 0 Å². The number of esters is 1. The van der Waals surface area contributed by atoms with E-state index >= 15 is 0 Å². The van der Waals surface area contributed by atoms with E-state index in [1.165, 1.54) is 0 Å². The number of pyridine rings is 1. The number of hydrogen-bond donors (Lipinski definition) is 2. The number of fused-ring (bicyclic) bond motifs is 1. The topological polar surface area (TPSA) is 80.3 Å². The maximum atomic E-state index is 11.6. The summed E-state index contributed by atoms with van der Waals surface area (Å²) in [6.45, 7) is 3.47. The fourth-order valence-corrected chi connectivity index (χ4v) is 2.68. The molecule has 0 radical (unpaired) electrons. The summed E-state index contributed by atoms with van der Waals surface area (Å²) in [6.07, 6.45) is 3.82. The summed E-state index contributed by atoms with van der Waals surface area (Å²) in [7, 11) is 0. The first-order chi connectivity index (χ1) is 12.6. The Balaban J connectivity index is 1.64. The Morgan fingerprint density at radius 3 is 2.77 bits per heavy atom. The van der Waals surface area contributed by atoms with E-state index in [-0.39, 0.29) is 24.7 Å². The molecule has 0 bridgehead atoms. The molecule has 140 valence electrons. The number of amides is 1. The molecule has 0 unspecified atom stereocenters. The minimum atomic E-state index is -0.335. The SMILES string of the molecule is CCOC(=O)CCC(=O)NCCCCNc1ccnc2cc(Cl)ccc12. The summed E-state index contributed by atoms with van der Waals surface area (Å²) < 4.78 is 4.79. The number of carbonyl (C=O) groups is 2. The van der Waals surface area contributed by atoms with Gasteiger partial charge >= 0.3 is 5.97 Å². The number of hydrogen-bond acceptors (Lipinski definition) is 5. The van der Waals surface area contributed by atoms with Crippen molar-refractivity contribution in [2.75, 3.05) is 25.0 Å². The summed E-state index contributed by atoms with van der Waals surface area (Å²) in [5.74, 6) is -0.458. The molecule has 2 N–H and O–H groups in total. The van der Waals surface area contributed by atoms with Crippen LogP contribution in [0, 0.1) is 0 Å². The van der Waals surface area contributed by atoms with Crippen LogP contribution in [-0.4, -0.2) is 36.6 Å². The van der Waals surface area contributed by atoms with E-state index in [4.69, 9.17) is 16.3 Å². The van der Waals surface area contributed by atoms with E-state index in [2.05, 4.69) is 15.6 Å². The first-order valence-electron chi connectivity index (χ1n) is 8.80. The molecular formula is C19H24ClN3O3. The van der Waals surface area contributed by atoms with E-state index in [0.717, 1.165) is 36.0 Å². The first kappa shape index (κ1) is 20.0. The van der Waals surface area contributed by atoms with Crippen molar-refractivity contribution in [2.24, 2.45) is 0 Å². The predicted molar refractivity (Wildman–Crippen MR) is 103 cm³/mol. The number of benzene rings is 1. The van der Waals surface area contributed by atoms with Gasteiger partial charge in [0.15, 0.2) is 0 Å². The molecule has 2 aromatic rings. The quantitative estimate of drug-likeness (QED) is 0.489. The average Bonchev–Trinajstić information content (AvgIpc) is 2.62. The Morgan fingerprint density at radius 2 is 1.96 bits per heavy atom. The minimum Gasteiger partial charge on any atom is -0.466 e. The Morgan fingerprint density at radius 1 is 1.15 bits per heavy atom. The zero-order chi connectivity index (χ0) is 18.8. The van der Waals surface area contributed by atoms with Crippen molar-refractivity contribution in [1.82, 2.24) is 10.3 Å². The van der Waals surface area contributed by atoms with Crippen LogP contribution in [0.5, 0.6) is 0 Å². The molecule has 1 aromatic heterocycles. The fourth-order valence-electron chi connectivity index (χ4n) is 2.51. The highest BCUT2D eigenvalue weighted by Gasteiger charge is 2.07. The molecule has 26 heavy (non-hydrogen) atoms. The van der Waals surface area contributed by atoms with Crippen molar-refractivity contribution in [2.45, 2.75) is 32.6 Å². The van der Waals surface area contributed by atoms with Crippen molar-refractivity contribution >= 4 is 40.1 Å². The number of rotatable bonds is 10. The number of anilines is 1. The van der Waals surface area contributed by atoms with Gasteiger partial charge in [0.25, 0.3) is 0 Å². The minimum absolute atomic E-state index is 0.122. The molecule has 2 rings (SSSR count). The number of ether oxygens (including phenoxy) is 1. The van der Waals surface area contributed by atoms with Crippen LogP contribution in [0.25, 0.3) is 10.9 Å². The second-order valence-electron chi connectivity index (χ2n) is 5.81. The highest BCUT2D eigenvalue weighted by atomic mass is 35.5.